The molecule has 0 heterocycles. The van der Waals surface area contributed by atoms with E-state index in [1.54, 1.807) is 38.1 Å². The maximum atomic E-state index is 11.7. The number of esters is 1. The van der Waals surface area contributed by atoms with Gasteiger partial charge in [-0.25, -0.2) is 0 Å². The van der Waals surface area contributed by atoms with Crippen LogP contribution in [0.3, 0.4) is 0 Å². The molecular weight excluding hydrogens is 286 g/mol. The Kier molecular flexibility index (Phi) is 5.65. The summed E-state index contributed by atoms with van der Waals surface area (Å²) in [6, 6.07) is 8.93. The SMILES string of the molecule is COC(=O)C[C@](C)([C@@H](CC(C)(C)O)c1ccccc1)[N+](=O)[O-]. The summed E-state index contributed by atoms with van der Waals surface area (Å²) in [6.07, 6.45) is -0.197. The van der Waals surface area contributed by atoms with Crippen molar-refractivity contribution in [3.8, 4) is 0 Å². The number of hydrogen-bond acceptors (Lipinski definition) is 5. The molecule has 0 amide bonds. The zero-order chi connectivity index (χ0) is 17.0. The van der Waals surface area contributed by atoms with Crippen LogP contribution in [0.15, 0.2) is 30.3 Å². The molecule has 1 aromatic rings. The molecule has 6 nitrogen and oxygen atoms in total. The lowest BCUT2D eigenvalue weighted by molar-refractivity contribution is -0.570. The average molecular weight is 309 g/mol. The summed E-state index contributed by atoms with van der Waals surface area (Å²) in [5.74, 6) is -1.27. The Morgan fingerprint density at radius 3 is 2.27 bits per heavy atom. The predicted molar refractivity (Wildman–Crippen MR) is 82.1 cm³/mol. The van der Waals surface area contributed by atoms with E-state index in [2.05, 4.69) is 4.74 Å². The lowest BCUT2D eigenvalue weighted by Crippen LogP contribution is -2.46. The van der Waals surface area contributed by atoms with Gasteiger partial charge in [-0.15, -0.1) is 0 Å². The van der Waals surface area contributed by atoms with Gasteiger partial charge >= 0.3 is 5.97 Å². The van der Waals surface area contributed by atoms with Crippen LogP contribution in [0.5, 0.6) is 0 Å². The van der Waals surface area contributed by atoms with Crippen LogP contribution < -0.4 is 0 Å². The molecule has 0 aliphatic carbocycles. The minimum Gasteiger partial charge on any atom is -0.469 e. The molecule has 0 fully saturated rings. The van der Waals surface area contributed by atoms with E-state index in [0.29, 0.717) is 5.56 Å². The first kappa shape index (κ1) is 18.1. The van der Waals surface area contributed by atoms with E-state index in [4.69, 9.17) is 0 Å². The second-order valence-corrected chi connectivity index (χ2v) is 6.35. The van der Waals surface area contributed by atoms with Crippen LogP contribution in [0.25, 0.3) is 0 Å². The molecule has 6 heteroatoms. The van der Waals surface area contributed by atoms with E-state index in [-0.39, 0.29) is 12.8 Å². The Hall–Kier alpha value is -1.95. The zero-order valence-electron chi connectivity index (χ0n) is 13.4. The fourth-order valence-electron chi connectivity index (χ4n) is 2.56. The highest BCUT2D eigenvalue weighted by Crippen LogP contribution is 2.39. The minimum absolute atomic E-state index is 0.158. The molecule has 0 aliphatic heterocycles. The maximum Gasteiger partial charge on any atom is 0.312 e. The number of hydrogen-bond donors (Lipinski definition) is 1. The molecule has 1 aromatic carbocycles. The molecule has 122 valence electrons. The van der Waals surface area contributed by atoms with Crippen molar-refractivity contribution in [3.05, 3.63) is 46.0 Å². The summed E-state index contributed by atoms with van der Waals surface area (Å²) in [4.78, 5) is 22.9. The van der Waals surface area contributed by atoms with Crippen LogP contribution >= 0.6 is 0 Å². The molecule has 22 heavy (non-hydrogen) atoms. The molecule has 0 unspecified atom stereocenters. The van der Waals surface area contributed by atoms with Gasteiger partial charge in [0, 0.05) is 11.8 Å². The summed E-state index contributed by atoms with van der Waals surface area (Å²) >= 11 is 0. The molecular formula is C16H23NO5. The number of ether oxygens (including phenoxy) is 1. The quantitative estimate of drug-likeness (QED) is 0.475. The number of nitro groups is 1. The number of nitrogens with zero attached hydrogens (tertiary/aromatic N) is 1. The average Bonchev–Trinajstić information content (AvgIpc) is 2.44. The van der Waals surface area contributed by atoms with Gasteiger partial charge in [0.25, 0.3) is 0 Å². The second kappa shape index (κ2) is 6.87. The molecule has 0 aromatic heterocycles. The van der Waals surface area contributed by atoms with Crippen molar-refractivity contribution in [2.75, 3.05) is 7.11 Å². The smallest absolute Gasteiger partial charge is 0.312 e. The molecule has 1 N–H and O–H groups in total. The zero-order valence-corrected chi connectivity index (χ0v) is 13.4. The van der Waals surface area contributed by atoms with Crippen LogP contribution in [0.1, 0.15) is 45.1 Å². The summed E-state index contributed by atoms with van der Waals surface area (Å²) in [5, 5.41) is 21.8. The molecule has 0 radical (unpaired) electrons. The highest BCUT2D eigenvalue weighted by molar-refractivity contribution is 5.70. The van der Waals surface area contributed by atoms with Crippen molar-refractivity contribution in [1.82, 2.24) is 0 Å². The number of carbonyl (C=O) groups is 1. The van der Waals surface area contributed by atoms with E-state index in [1.807, 2.05) is 6.07 Å². The van der Waals surface area contributed by atoms with Crippen LogP contribution in [0.2, 0.25) is 0 Å². The molecule has 2 atom stereocenters. The van der Waals surface area contributed by atoms with Crippen LogP contribution in [-0.4, -0.2) is 34.2 Å². The van der Waals surface area contributed by atoms with Gasteiger partial charge in [0.2, 0.25) is 5.54 Å². The number of aliphatic hydroxyl groups is 1. The maximum absolute atomic E-state index is 11.7. The summed E-state index contributed by atoms with van der Waals surface area (Å²) < 4.78 is 4.61. The van der Waals surface area contributed by atoms with Crippen LogP contribution in [0, 0.1) is 10.1 Å². The molecule has 0 spiro atoms. The Morgan fingerprint density at radius 1 is 1.32 bits per heavy atom. The van der Waals surface area contributed by atoms with E-state index < -0.39 is 28.0 Å². The monoisotopic (exact) mass is 309 g/mol. The standard InChI is InChI=1S/C16H23NO5/c1-15(2,19)10-13(12-8-6-5-7-9-12)16(3,17(20)21)11-14(18)22-4/h5-9,13,19H,10-11H2,1-4H3/t13-,16+/m0/s1. The fourth-order valence-corrected chi connectivity index (χ4v) is 2.56. The van der Waals surface area contributed by atoms with Gasteiger partial charge in [0.05, 0.1) is 18.6 Å². The molecule has 0 saturated carbocycles. The third-order valence-electron chi connectivity index (χ3n) is 3.80. The van der Waals surface area contributed by atoms with Gasteiger partial charge in [-0.05, 0) is 25.8 Å². The van der Waals surface area contributed by atoms with Crippen molar-refractivity contribution in [3.63, 3.8) is 0 Å². The van der Waals surface area contributed by atoms with Crippen molar-refractivity contribution >= 4 is 5.97 Å². The van der Waals surface area contributed by atoms with Gasteiger partial charge in [-0.2, -0.15) is 0 Å². The van der Waals surface area contributed by atoms with Crippen molar-refractivity contribution < 1.29 is 19.6 Å². The van der Waals surface area contributed by atoms with Gasteiger partial charge < -0.3 is 9.84 Å². The minimum atomic E-state index is -1.56. The number of methoxy groups -OCH3 is 1. The molecule has 0 aliphatic rings. The van der Waals surface area contributed by atoms with Crippen molar-refractivity contribution in [2.45, 2.75) is 50.7 Å². The van der Waals surface area contributed by atoms with Crippen molar-refractivity contribution in [2.24, 2.45) is 0 Å². The highest BCUT2D eigenvalue weighted by atomic mass is 16.6. The Bertz CT molecular complexity index is 523. The third kappa shape index (κ3) is 4.53. The van der Waals surface area contributed by atoms with Crippen LogP contribution in [-0.2, 0) is 9.53 Å². The van der Waals surface area contributed by atoms with E-state index in [0.717, 1.165) is 0 Å². The number of benzene rings is 1. The topological polar surface area (TPSA) is 89.7 Å². The summed E-state index contributed by atoms with van der Waals surface area (Å²) in [7, 11) is 1.20. The molecule has 1 rings (SSSR count). The fraction of sp³-hybridized carbons (Fsp3) is 0.562. The lowest BCUT2D eigenvalue weighted by atomic mass is 9.73. The van der Waals surface area contributed by atoms with Crippen molar-refractivity contribution in [1.29, 1.82) is 0 Å². The Labute approximate surface area is 130 Å². The normalized spacial score (nSPS) is 15.7. The molecule has 0 saturated heterocycles. The third-order valence-corrected chi connectivity index (χ3v) is 3.80. The van der Waals surface area contributed by atoms with Gasteiger partial charge in [0.1, 0.15) is 6.42 Å². The second-order valence-electron chi connectivity index (χ2n) is 6.35. The van der Waals surface area contributed by atoms with Gasteiger partial charge in [-0.3, -0.25) is 14.9 Å². The first-order valence-electron chi connectivity index (χ1n) is 7.09. The lowest BCUT2D eigenvalue weighted by Gasteiger charge is -2.33. The van der Waals surface area contributed by atoms with E-state index >= 15 is 0 Å². The Balaban J connectivity index is 3.31. The first-order chi connectivity index (χ1) is 10.1. The predicted octanol–water partition coefficient (Wildman–Crippen LogP) is 2.53. The largest absolute Gasteiger partial charge is 0.469 e. The van der Waals surface area contributed by atoms with Gasteiger partial charge in [0.15, 0.2) is 0 Å². The van der Waals surface area contributed by atoms with Crippen LogP contribution in [0.4, 0.5) is 0 Å². The Morgan fingerprint density at radius 2 is 1.86 bits per heavy atom. The van der Waals surface area contributed by atoms with E-state index in [9.17, 15) is 20.0 Å². The summed E-state index contributed by atoms with van der Waals surface area (Å²) in [5.41, 5.74) is -1.95. The molecule has 0 bridgehead atoms. The highest BCUT2D eigenvalue weighted by Gasteiger charge is 2.50. The summed E-state index contributed by atoms with van der Waals surface area (Å²) in [6.45, 7) is 4.62. The first-order valence-corrected chi connectivity index (χ1v) is 7.09. The van der Waals surface area contributed by atoms with Gasteiger partial charge in [-0.1, -0.05) is 30.3 Å². The number of rotatable bonds is 7. The van der Waals surface area contributed by atoms with E-state index in [1.165, 1.54) is 14.0 Å². The number of carbonyl (C=O) groups excluding carboxylic acids is 1.